The van der Waals surface area contributed by atoms with Gasteiger partial charge in [0.05, 0.1) is 6.04 Å². The van der Waals surface area contributed by atoms with E-state index in [1.54, 1.807) is 0 Å². The number of rotatable bonds is 7. The van der Waals surface area contributed by atoms with Crippen LogP contribution >= 0.6 is 24.8 Å². The second kappa shape index (κ2) is 12.5. The van der Waals surface area contributed by atoms with Crippen molar-refractivity contribution in [2.24, 2.45) is 11.7 Å². The van der Waals surface area contributed by atoms with Gasteiger partial charge in [0.1, 0.15) is 0 Å². The molecule has 0 aliphatic carbocycles. The van der Waals surface area contributed by atoms with Gasteiger partial charge in [0.25, 0.3) is 0 Å². The van der Waals surface area contributed by atoms with E-state index in [4.69, 9.17) is 5.73 Å². The highest BCUT2D eigenvalue weighted by Crippen LogP contribution is 2.19. The SMILES string of the molecule is CCN(CC)CC1CCN(C(=O)C(N)Cc2ccccc2)CC1.Cl.Cl. The molecule has 1 saturated heterocycles. The van der Waals surface area contributed by atoms with Crippen molar-refractivity contribution in [2.45, 2.75) is 39.2 Å². The molecule has 4 nitrogen and oxygen atoms in total. The minimum absolute atomic E-state index is 0. The number of likely N-dealkylation sites (tertiary alicyclic amines) is 1. The van der Waals surface area contributed by atoms with Crippen LogP contribution in [0.3, 0.4) is 0 Å². The molecule has 6 heteroatoms. The third kappa shape index (κ3) is 7.53. The highest BCUT2D eigenvalue weighted by atomic mass is 35.5. The molecule has 1 atom stereocenters. The van der Waals surface area contributed by atoms with Crippen LogP contribution in [-0.2, 0) is 11.2 Å². The number of carbonyl (C=O) groups is 1. The van der Waals surface area contributed by atoms with Gasteiger partial charge in [-0.15, -0.1) is 24.8 Å². The van der Waals surface area contributed by atoms with E-state index in [0.717, 1.165) is 51.1 Å². The number of hydrogen-bond acceptors (Lipinski definition) is 3. The highest BCUT2D eigenvalue weighted by Gasteiger charge is 2.26. The van der Waals surface area contributed by atoms with Gasteiger partial charge in [-0.3, -0.25) is 4.79 Å². The number of hydrogen-bond donors (Lipinski definition) is 1. The van der Waals surface area contributed by atoms with Crippen LogP contribution in [0.5, 0.6) is 0 Å². The van der Waals surface area contributed by atoms with E-state index in [0.29, 0.717) is 12.3 Å². The molecule has 1 unspecified atom stereocenters. The summed E-state index contributed by atoms with van der Waals surface area (Å²) < 4.78 is 0. The van der Waals surface area contributed by atoms with Crippen LogP contribution < -0.4 is 5.73 Å². The lowest BCUT2D eigenvalue weighted by Crippen LogP contribution is -2.49. The molecular weight excluding hydrogens is 357 g/mol. The molecule has 0 aromatic heterocycles. The van der Waals surface area contributed by atoms with Crippen molar-refractivity contribution in [2.75, 3.05) is 32.7 Å². The predicted molar refractivity (Wildman–Crippen MR) is 110 cm³/mol. The van der Waals surface area contributed by atoms with Crippen LogP contribution in [-0.4, -0.2) is 54.5 Å². The van der Waals surface area contributed by atoms with Gasteiger partial charge in [-0.25, -0.2) is 0 Å². The lowest BCUT2D eigenvalue weighted by atomic mass is 9.95. The number of nitrogens with two attached hydrogens (primary N) is 1. The second-order valence-electron chi connectivity index (χ2n) is 6.55. The summed E-state index contributed by atoms with van der Waals surface area (Å²) in [6, 6.07) is 9.61. The second-order valence-corrected chi connectivity index (χ2v) is 6.55. The van der Waals surface area contributed by atoms with Crippen molar-refractivity contribution in [3.8, 4) is 0 Å². The van der Waals surface area contributed by atoms with Crippen LogP contribution in [0.25, 0.3) is 0 Å². The van der Waals surface area contributed by atoms with Gasteiger partial charge in [-0.05, 0) is 43.8 Å². The van der Waals surface area contributed by atoms with Gasteiger partial charge < -0.3 is 15.5 Å². The molecule has 1 aromatic rings. The maximum absolute atomic E-state index is 12.5. The maximum Gasteiger partial charge on any atom is 0.239 e. The van der Waals surface area contributed by atoms with E-state index < -0.39 is 6.04 Å². The molecule has 0 radical (unpaired) electrons. The minimum Gasteiger partial charge on any atom is -0.341 e. The molecule has 25 heavy (non-hydrogen) atoms. The van der Waals surface area contributed by atoms with Gasteiger partial charge >= 0.3 is 0 Å². The molecule has 0 bridgehead atoms. The van der Waals surface area contributed by atoms with Crippen LogP contribution in [0.1, 0.15) is 32.3 Å². The summed E-state index contributed by atoms with van der Waals surface area (Å²) in [6.45, 7) is 9.51. The summed E-state index contributed by atoms with van der Waals surface area (Å²) in [7, 11) is 0. The first-order chi connectivity index (χ1) is 11.1. The fourth-order valence-electron chi connectivity index (χ4n) is 3.37. The average Bonchev–Trinajstić information content (AvgIpc) is 2.60. The Hall–Kier alpha value is -0.810. The zero-order chi connectivity index (χ0) is 16.7. The highest BCUT2D eigenvalue weighted by molar-refractivity contribution is 5.85. The summed E-state index contributed by atoms with van der Waals surface area (Å²) in [6.07, 6.45) is 2.82. The molecule has 2 N–H and O–H groups in total. The third-order valence-corrected chi connectivity index (χ3v) is 4.95. The Kier molecular flexibility index (Phi) is 12.1. The lowest BCUT2D eigenvalue weighted by molar-refractivity contribution is -0.134. The van der Waals surface area contributed by atoms with E-state index >= 15 is 0 Å². The Morgan fingerprint density at radius 3 is 2.24 bits per heavy atom. The molecule has 1 aliphatic rings. The van der Waals surface area contributed by atoms with Gasteiger partial charge in [0.15, 0.2) is 0 Å². The van der Waals surface area contributed by atoms with E-state index in [2.05, 4.69) is 18.7 Å². The summed E-state index contributed by atoms with van der Waals surface area (Å²) in [5.74, 6) is 0.819. The first kappa shape index (κ1) is 24.2. The fourth-order valence-corrected chi connectivity index (χ4v) is 3.37. The van der Waals surface area contributed by atoms with Crippen LogP contribution in [0.15, 0.2) is 30.3 Å². The molecule has 144 valence electrons. The van der Waals surface area contributed by atoms with Crippen molar-refractivity contribution in [3.63, 3.8) is 0 Å². The molecule has 1 amide bonds. The number of piperidine rings is 1. The number of nitrogens with zero attached hydrogens (tertiary/aromatic N) is 2. The Balaban J connectivity index is 0.00000288. The van der Waals surface area contributed by atoms with Crippen LogP contribution in [0, 0.1) is 5.92 Å². The van der Waals surface area contributed by atoms with E-state index in [9.17, 15) is 4.79 Å². The van der Waals surface area contributed by atoms with E-state index in [1.807, 2.05) is 35.2 Å². The lowest BCUT2D eigenvalue weighted by Gasteiger charge is -2.35. The number of amides is 1. The van der Waals surface area contributed by atoms with Gasteiger partial charge in [-0.2, -0.15) is 0 Å². The Labute approximate surface area is 164 Å². The Morgan fingerprint density at radius 2 is 1.72 bits per heavy atom. The Bertz CT molecular complexity index is 475. The topological polar surface area (TPSA) is 49.6 Å². The molecule has 1 aromatic carbocycles. The van der Waals surface area contributed by atoms with Gasteiger partial charge in [-0.1, -0.05) is 44.2 Å². The molecule has 1 aliphatic heterocycles. The quantitative estimate of drug-likeness (QED) is 0.779. The number of carbonyl (C=O) groups excluding carboxylic acids is 1. The Morgan fingerprint density at radius 1 is 1.16 bits per heavy atom. The molecule has 0 saturated carbocycles. The van der Waals surface area contributed by atoms with Crippen molar-refractivity contribution in [3.05, 3.63) is 35.9 Å². The fraction of sp³-hybridized carbons (Fsp3) is 0.632. The maximum atomic E-state index is 12.5. The van der Waals surface area contributed by atoms with Gasteiger partial charge in [0, 0.05) is 19.6 Å². The van der Waals surface area contributed by atoms with Crippen molar-refractivity contribution >= 4 is 30.7 Å². The standard InChI is InChI=1S/C19H31N3O.2ClH/c1-3-21(4-2)15-17-10-12-22(13-11-17)19(23)18(20)14-16-8-6-5-7-9-16;;/h5-9,17-18H,3-4,10-15,20H2,1-2H3;2*1H. The molecule has 1 heterocycles. The molecule has 0 spiro atoms. The monoisotopic (exact) mass is 389 g/mol. The summed E-state index contributed by atoms with van der Waals surface area (Å²) >= 11 is 0. The van der Waals surface area contributed by atoms with Crippen molar-refractivity contribution in [1.82, 2.24) is 9.80 Å². The number of halogens is 2. The normalized spacial score (nSPS) is 16.1. The predicted octanol–water partition coefficient (Wildman–Crippen LogP) is 2.98. The largest absolute Gasteiger partial charge is 0.341 e. The third-order valence-electron chi connectivity index (χ3n) is 4.95. The molecule has 1 fully saturated rings. The van der Waals surface area contributed by atoms with Crippen LogP contribution in [0.4, 0.5) is 0 Å². The van der Waals surface area contributed by atoms with Crippen molar-refractivity contribution < 1.29 is 4.79 Å². The smallest absolute Gasteiger partial charge is 0.239 e. The number of benzene rings is 1. The van der Waals surface area contributed by atoms with Crippen LogP contribution in [0.2, 0.25) is 0 Å². The summed E-state index contributed by atoms with van der Waals surface area (Å²) in [5.41, 5.74) is 7.27. The van der Waals surface area contributed by atoms with Gasteiger partial charge in [0.2, 0.25) is 5.91 Å². The molecular formula is C19H33Cl2N3O. The van der Waals surface area contributed by atoms with E-state index in [1.165, 1.54) is 0 Å². The minimum atomic E-state index is -0.420. The first-order valence-corrected chi connectivity index (χ1v) is 8.94. The zero-order valence-electron chi connectivity index (χ0n) is 15.4. The summed E-state index contributed by atoms with van der Waals surface area (Å²) in [4.78, 5) is 17.0. The molecule has 2 rings (SSSR count). The summed E-state index contributed by atoms with van der Waals surface area (Å²) in [5, 5.41) is 0. The average molecular weight is 390 g/mol. The zero-order valence-corrected chi connectivity index (χ0v) is 17.0. The van der Waals surface area contributed by atoms with E-state index in [-0.39, 0.29) is 30.7 Å². The first-order valence-electron chi connectivity index (χ1n) is 8.94. The van der Waals surface area contributed by atoms with Crippen molar-refractivity contribution in [1.29, 1.82) is 0 Å².